The van der Waals surface area contributed by atoms with Crippen LogP contribution in [0.4, 0.5) is 4.79 Å². The highest BCUT2D eigenvalue weighted by Gasteiger charge is 2.33. The summed E-state index contributed by atoms with van der Waals surface area (Å²) >= 11 is 0. The van der Waals surface area contributed by atoms with Crippen LogP contribution in [0.1, 0.15) is 32.3 Å². The molecule has 8 heteroatoms. The summed E-state index contributed by atoms with van der Waals surface area (Å²) in [6.07, 6.45) is -0.896. The highest BCUT2D eigenvalue weighted by Crippen LogP contribution is 2.48. The molecule has 0 saturated carbocycles. The fraction of sp³-hybridized carbons (Fsp3) is 0.529. The first-order valence-electron chi connectivity index (χ1n) is 8.10. The van der Waals surface area contributed by atoms with Gasteiger partial charge in [-0.05, 0) is 17.9 Å². The van der Waals surface area contributed by atoms with Gasteiger partial charge in [0, 0.05) is 6.16 Å². The summed E-state index contributed by atoms with van der Waals surface area (Å²) in [5.74, 6) is -1.46. The van der Waals surface area contributed by atoms with E-state index < -0.39 is 25.2 Å². The first kappa shape index (κ1) is 21.2. The number of nitrogens with one attached hydrogen (secondary N) is 1. The van der Waals surface area contributed by atoms with Crippen LogP contribution in [0, 0.1) is 5.92 Å². The Balaban J connectivity index is 2.65. The van der Waals surface area contributed by atoms with Gasteiger partial charge < -0.3 is 19.7 Å². The number of alkyl carbamates (subject to hydrolysis) is 1. The quantitative estimate of drug-likeness (QED) is 0.511. The average molecular weight is 371 g/mol. The molecule has 1 amide bonds. The number of methoxy groups -OCH3 is 1. The normalized spacial score (nSPS) is 14.4. The lowest BCUT2D eigenvalue weighted by atomic mass is 10.1. The molecule has 0 bridgehead atoms. The highest BCUT2D eigenvalue weighted by atomic mass is 31.2. The summed E-state index contributed by atoms with van der Waals surface area (Å²) in [6, 6.07) is 9.13. The lowest BCUT2D eigenvalue weighted by molar-refractivity contribution is -0.140. The predicted octanol–water partition coefficient (Wildman–Crippen LogP) is 3.12. The number of esters is 1. The van der Waals surface area contributed by atoms with Gasteiger partial charge in [0.05, 0.1) is 13.5 Å². The van der Waals surface area contributed by atoms with Gasteiger partial charge in [-0.3, -0.25) is 9.36 Å². The second-order valence-electron chi connectivity index (χ2n) is 6.16. The molecular formula is C17H26NO6P. The topological polar surface area (TPSA) is 102 Å². The van der Waals surface area contributed by atoms with E-state index in [1.807, 2.05) is 44.2 Å². The zero-order valence-electron chi connectivity index (χ0n) is 14.8. The largest absolute Gasteiger partial charge is 0.469 e. The van der Waals surface area contributed by atoms with E-state index in [-0.39, 0.29) is 25.1 Å². The molecule has 1 rings (SSSR count). The molecule has 2 N–H and O–H groups in total. The van der Waals surface area contributed by atoms with Crippen molar-refractivity contribution in [2.75, 3.05) is 13.3 Å². The van der Waals surface area contributed by atoms with Crippen molar-refractivity contribution in [2.24, 2.45) is 5.92 Å². The van der Waals surface area contributed by atoms with Crippen molar-refractivity contribution in [3.8, 4) is 0 Å². The van der Waals surface area contributed by atoms with E-state index >= 15 is 0 Å². The molecular weight excluding hydrogens is 345 g/mol. The molecule has 0 aliphatic heterocycles. The summed E-state index contributed by atoms with van der Waals surface area (Å²) in [6.45, 7) is 3.83. The number of amides is 1. The molecule has 0 spiro atoms. The van der Waals surface area contributed by atoms with E-state index in [1.54, 1.807) is 0 Å². The number of hydrogen-bond acceptors (Lipinski definition) is 5. The maximum absolute atomic E-state index is 12.6. The van der Waals surface area contributed by atoms with Crippen molar-refractivity contribution in [3.05, 3.63) is 35.9 Å². The van der Waals surface area contributed by atoms with Crippen molar-refractivity contribution in [2.45, 2.75) is 39.1 Å². The number of benzene rings is 1. The maximum atomic E-state index is 12.6. The van der Waals surface area contributed by atoms with Crippen LogP contribution < -0.4 is 5.32 Å². The van der Waals surface area contributed by atoms with E-state index in [4.69, 9.17) is 4.74 Å². The van der Waals surface area contributed by atoms with Gasteiger partial charge in [-0.2, -0.15) is 0 Å². The second-order valence-corrected chi connectivity index (χ2v) is 8.74. The van der Waals surface area contributed by atoms with Crippen LogP contribution in [0.15, 0.2) is 30.3 Å². The number of hydrogen-bond donors (Lipinski definition) is 2. The Morgan fingerprint density at radius 2 is 1.88 bits per heavy atom. The first-order chi connectivity index (χ1) is 11.7. The summed E-state index contributed by atoms with van der Waals surface area (Å²) < 4.78 is 22.2. The summed E-state index contributed by atoms with van der Waals surface area (Å²) in [4.78, 5) is 33.5. The predicted molar refractivity (Wildman–Crippen MR) is 94.3 cm³/mol. The molecule has 0 aliphatic rings. The van der Waals surface area contributed by atoms with Crippen LogP contribution in [-0.4, -0.2) is 36.0 Å². The minimum atomic E-state index is -3.79. The zero-order chi connectivity index (χ0) is 18.9. The van der Waals surface area contributed by atoms with E-state index in [0.29, 0.717) is 6.42 Å². The second kappa shape index (κ2) is 10.2. The lowest BCUT2D eigenvalue weighted by Gasteiger charge is -2.25. The van der Waals surface area contributed by atoms with Crippen molar-refractivity contribution in [1.82, 2.24) is 5.32 Å². The van der Waals surface area contributed by atoms with E-state index in [9.17, 15) is 19.0 Å². The van der Waals surface area contributed by atoms with Crippen LogP contribution in [0.5, 0.6) is 0 Å². The Morgan fingerprint density at radius 3 is 2.44 bits per heavy atom. The Labute approximate surface area is 148 Å². The highest BCUT2D eigenvalue weighted by molar-refractivity contribution is 7.58. The molecule has 0 aliphatic carbocycles. The van der Waals surface area contributed by atoms with Gasteiger partial charge in [-0.1, -0.05) is 44.2 Å². The van der Waals surface area contributed by atoms with Gasteiger partial charge in [0.1, 0.15) is 12.4 Å². The van der Waals surface area contributed by atoms with Crippen LogP contribution in [-0.2, 0) is 25.4 Å². The summed E-state index contributed by atoms with van der Waals surface area (Å²) in [7, 11) is -2.57. The summed E-state index contributed by atoms with van der Waals surface area (Å²) in [5.41, 5.74) is 0.816. The van der Waals surface area contributed by atoms with Crippen molar-refractivity contribution >= 4 is 19.4 Å². The molecule has 0 fully saturated rings. The van der Waals surface area contributed by atoms with Crippen LogP contribution in [0.25, 0.3) is 0 Å². The van der Waals surface area contributed by atoms with Gasteiger partial charge in [0.15, 0.2) is 0 Å². The lowest BCUT2D eigenvalue weighted by Crippen LogP contribution is -2.37. The third kappa shape index (κ3) is 8.18. The third-order valence-corrected chi connectivity index (χ3v) is 5.72. The molecule has 7 nitrogen and oxygen atoms in total. The minimum absolute atomic E-state index is 0.0684. The van der Waals surface area contributed by atoms with E-state index in [0.717, 1.165) is 5.56 Å². The number of carbonyl (C=O) groups excluding carboxylic acids is 2. The van der Waals surface area contributed by atoms with Crippen molar-refractivity contribution in [3.63, 3.8) is 0 Å². The maximum Gasteiger partial charge on any atom is 0.408 e. The Kier molecular flexibility index (Phi) is 8.66. The van der Waals surface area contributed by atoms with Crippen molar-refractivity contribution < 1.29 is 28.5 Å². The molecule has 0 heterocycles. The fourth-order valence-corrected chi connectivity index (χ4v) is 4.05. The van der Waals surface area contributed by atoms with E-state index in [2.05, 4.69) is 10.1 Å². The molecule has 0 aromatic heterocycles. The Morgan fingerprint density at radius 1 is 1.24 bits per heavy atom. The standard InChI is InChI=1S/C17H26NO6P/c1-13(2)11-15(25(21,22)10-9-16(19)23-3)18-17(20)24-12-14-7-5-4-6-8-14/h4-8,13,15H,9-12H2,1-3H3,(H,18,20)(H,21,22)/t15-/m0/s1. The minimum Gasteiger partial charge on any atom is -0.469 e. The molecule has 2 atom stereocenters. The number of ether oxygens (including phenoxy) is 2. The van der Waals surface area contributed by atoms with Gasteiger partial charge in [-0.25, -0.2) is 4.79 Å². The fourth-order valence-electron chi connectivity index (χ4n) is 2.18. The third-order valence-electron chi connectivity index (χ3n) is 3.54. The molecule has 0 radical (unpaired) electrons. The van der Waals surface area contributed by atoms with Gasteiger partial charge in [-0.15, -0.1) is 0 Å². The van der Waals surface area contributed by atoms with E-state index in [1.165, 1.54) is 7.11 Å². The molecule has 0 saturated heterocycles. The molecule has 1 unspecified atom stereocenters. The smallest absolute Gasteiger partial charge is 0.408 e. The number of carbonyl (C=O) groups is 2. The Hall–Kier alpha value is -1.85. The first-order valence-corrected chi connectivity index (χ1v) is 10.0. The molecule has 25 heavy (non-hydrogen) atoms. The van der Waals surface area contributed by atoms with Crippen LogP contribution in [0.3, 0.4) is 0 Å². The summed E-state index contributed by atoms with van der Waals surface area (Å²) in [5, 5.41) is 2.47. The molecule has 1 aromatic rings. The monoisotopic (exact) mass is 371 g/mol. The van der Waals surface area contributed by atoms with Crippen LogP contribution in [0.2, 0.25) is 0 Å². The zero-order valence-corrected chi connectivity index (χ0v) is 15.7. The molecule has 140 valence electrons. The van der Waals surface area contributed by atoms with Crippen LogP contribution >= 0.6 is 7.37 Å². The van der Waals surface area contributed by atoms with Gasteiger partial charge in [0.2, 0.25) is 7.37 Å². The number of rotatable bonds is 9. The molecule has 1 aromatic carbocycles. The van der Waals surface area contributed by atoms with Crippen molar-refractivity contribution in [1.29, 1.82) is 0 Å². The van der Waals surface area contributed by atoms with Gasteiger partial charge in [0.25, 0.3) is 0 Å². The SMILES string of the molecule is COC(=O)CCP(=O)(O)[C@@H](CC(C)C)NC(=O)OCc1ccccc1. The average Bonchev–Trinajstić information content (AvgIpc) is 2.58. The van der Waals surface area contributed by atoms with Gasteiger partial charge >= 0.3 is 12.1 Å². The Bertz CT molecular complexity index is 604.